The number of aryl methyl sites for hydroxylation is 1. The highest BCUT2D eigenvalue weighted by molar-refractivity contribution is 7.20. The van der Waals surface area contributed by atoms with Crippen molar-refractivity contribution in [3.05, 3.63) is 28.3 Å². The van der Waals surface area contributed by atoms with Gasteiger partial charge in [0, 0.05) is 23.2 Å². The fraction of sp³-hybridized carbons (Fsp3) is 0.619. The zero-order chi connectivity index (χ0) is 19.1. The van der Waals surface area contributed by atoms with Gasteiger partial charge in [-0.05, 0) is 68.6 Å². The standard InChI is InChI=1S/C21H30N2O2S/c1-20(2,3)15-6-7-16-13(11-15)10-14-12-17(26-19(14)22-16)18(25)23-21(4,5)8-9-24/h10,12,15,24H,6-9,11H2,1-5H3,(H,23,25). The SMILES string of the molecule is CC(C)(CCO)NC(=O)c1cc2cc3c(nc2s1)CCC(C(C)(C)C)C3. The molecule has 142 valence electrons. The monoisotopic (exact) mass is 374 g/mol. The summed E-state index contributed by atoms with van der Waals surface area (Å²) in [5.41, 5.74) is 2.43. The van der Waals surface area contributed by atoms with Gasteiger partial charge in [0.05, 0.1) is 4.88 Å². The number of hydrogen-bond acceptors (Lipinski definition) is 4. The fourth-order valence-electron chi connectivity index (χ4n) is 3.69. The van der Waals surface area contributed by atoms with Crippen molar-refractivity contribution in [3.8, 4) is 0 Å². The molecule has 2 N–H and O–H groups in total. The molecule has 5 heteroatoms. The number of pyridine rings is 1. The van der Waals surface area contributed by atoms with Crippen molar-refractivity contribution in [3.63, 3.8) is 0 Å². The normalized spacial score (nSPS) is 18.0. The van der Waals surface area contributed by atoms with Gasteiger partial charge < -0.3 is 10.4 Å². The van der Waals surface area contributed by atoms with Gasteiger partial charge in [0.15, 0.2) is 0 Å². The van der Waals surface area contributed by atoms with Crippen LogP contribution in [0.3, 0.4) is 0 Å². The van der Waals surface area contributed by atoms with Crippen LogP contribution in [0.1, 0.15) is 68.4 Å². The van der Waals surface area contributed by atoms with Crippen molar-refractivity contribution >= 4 is 27.5 Å². The van der Waals surface area contributed by atoms with Gasteiger partial charge in [0.2, 0.25) is 0 Å². The molecule has 1 aliphatic carbocycles. The molecule has 0 radical (unpaired) electrons. The Balaban J connectivity index is 1.85. The molecular weight excluding hydrogens is 344 g/mol. The van der Waals surface area contributed by atoms with Gasteiger partial charge in [0.25, 0.3) is 5.91 Å². The van der Waals surface area contributed by atoms with Crippen LogP contribution in [-0.2, 0) is 12.8 Å². The number of carbonyl (C=O) groups is 1. The van der Waals surface area contributed by atoms with Gasteiger partial charge in [-0.25, -0.2) is 4.98 Å². The first-order valence-electron chi connectivity index (χ1n) is 9.45. The Morgan fingerprint density at radius 1 is 1.31 bits per heavy atom. The quantitative estimate of drug-likeness (QED) is 0.837. The summed E-state index contributed by atoms with van der Waals surface area (Å²) in [4.78, 5) is 19.1. The molecule has 0 saturated heterocycles. The molecule has 4 nitrogen and oxygen atoms in total. The zero-order valence-electron chi connectivity index (χ0n) is 16.5. The maximum atomic E-state index is 12.6. The average Bonchev–Trinajstić information content (AvgIpc) is 2.93. The number of hydrogen-bond donors (Lipinski definition) is 2. The van der Waals surface area contributed by atoms with E-state index in [0.717, 1.165) is 23.1 Å². The summed E-state index contributed by atoms with van der Waals surface area (Å²) in [6.07, 6.45) is 3.81. The fourth-order valence-corrected chi connectivity index (χ4v) is 4.61. The predicted octanol–water partition coefficient (Wildman–Crippen LogP) is 4.34. The molecule has 2 aromatic rings. The first-order valence-corrected chi connectivity index (χ1v) is 10.3. The summed E-state index contributed by atoms with van der Waals surface area (Å²) < 4.78 is 0. The maximum Gasteiger partial charge on any atom is 0.261 e. The summed E-state index contributed by atoms with van der Waals surface area (Å²) in [7, 11) is 0. The molecule has 0 bridgehead atoms. The number of fused-ring (bicyclic) bond motifs is 2. The summed E-state index contributed by atoms with van der Waals surface area (Å²) in [6.45, 7) is 10.9. The van der Waals surface area contributed by atoms with E-state index in [4.69, 9.17) is 10.1 Å². The highest BCUT2D eigenvalue weighted by Gasteiger charge is 2.30. The van der Waals surface area contributed by atoms with Crippen molar-refractivity contribution in [1.29, 1.82) is 0 Å². The van der Waals surface area contributed by atoms with Crippen molar-refractivity contribution in [2.75, 3.05) is 6.61 Å². The molecule has 3 rings (SSSR count). The van der Waals surface area contributed by atoms with E-state index >= 15 is 0 Å². The van der Waals surface area contributed by atoms with Gasteiger partial charge in [-0.1, -0.05) is 20.8 Å². The maximum absolute atomic E-state index is 12.6. The molecule has 1 atom stereocenters. The highest BCUT2D eigenvalue weighted by Crippen LogP contribution is 2.38. The van der Waals surface area contributed by atoms with E-state index < -0.39 is 5.54 Å². The highest BCUT2D eigenvalue weighted by atomic mass is 32.1. The molecule has 0 saturated carbocycles. The number of nitrogens with one attached hydrogen (secondary N) is 1. The Morgan fingerprint density at radius 2 is 2.04 bits per heavy atom. The first kappa shape index (κ1) is 19.3. The molecule has 2 aromatic heterocycles. The number of thiophene rings is 1. The summed E-state index contributed by atoms with van der Waals surface area (Å²) in [6, 6.07) is 4.19. The lowest BCUT2D eigenvalue weighted by Crippen LogP contribution is -2.43. The number of aromatic nitrogens is 1. The van der Waals surface area contributed by atoms with Crippen LogP contribution in [-0.4, -0.2) is 28.1 Å². The number of aliphatic hydroxyl groups excluding tert-OH is 1. The molecule has 2 heterocycles. The lowest BCUT2D eigenvalue weighted by molar-refractivity contribution is 0.0904. The van der Waals surface area contributed by atoms with E-state index in [9.17, 15) is 4.79 Å². The Hall–Kier alpha value is -1.46. The topological polar surface area (TPSA) is 62.2 Å². The third kappa shape index (κ3) is 4.09. The molecule has 26 heavy (non-hydrogen) atoms. The molecule has 0 aromatic carbocycles. The van der Waals surface area contributed by atoms with Crippen LogP contribution in [0.5, 0.6) is 0 Å². The molecule has 1 amide bonds. The number of amides is 1. The van der Waals surface area contributed by atoms with Crippen molar-refractivity contribution < 1.29 is 9.90 Å². The minimum absolute atomic E-state index is 0.0584. The Kier molecular flexibility index (Phi) is 5.15. The minimum Gasteiger partial charge on any atom is -0.396 e. The largest absolute Gasteiger partial charge is 0.396 e. The van der Waals surface area contributed by atoms with Crippen LogP contribution < -0.4 is 5.32 Å². The van der Waals surface area contributed by atoms with Gasteiger partial charge in [0.1, 0.15) is 4.83 Å². The third-order valence-corrected chi connectivity index (χ3v) is 6.55. The molecule has 0 aliphatic heterocycles. The molecule has 1 aliphatic rings. The zero-order valence-corrected chi connectivity index (χ0v) is 17.3. The third-order valence-electron chi connectivity index (χ3n) is 5.51. The number of aliphatic hydroxyl groups is 1. The summed E-state index contributed by atoms with van der Waals surface area (Å²) in [5.74, 6) is 0.590. The lowest BCUT2D eigenvalue weighted by Gasteiger charge is -2.34. The van der Waals surface area contributed by atoms with E-state index in [2.05, 4.69) is 32.2 Å². The molecule has 1 unspecified atom stereocenters. The van der Waals surface area contributed by atoms with Gasteiger partial charge in [-0.2, -0.15) is 0 Å². The van der Waals surface area contributed by atoms with Crippen molar-refractivity contribution in [2.24, 2.45) is 11.3 Å². The Morgan fingerprint density at radius 3 is 2.69 bits per heavy atom. The van der Waals surface area contributed by atoms with Crippen molar-refractivity contribution in [2.45, 2.75) is 65.8 Å². The molecule has 0 spiro atoms. The smallest absolute Gasteiger partial charge is 0.261 e. The van der Waals surface area contributed by atoms with Gasteiger partial charge >= 0.3 is 0 Å². The Bertz CT molecular complexity index is 817. The second-order valence-electron chi connectivity index (χ2n) is 9.22. The van der Waals surface area contributed by atoms with Crippen LogP contribution in [0.2, 0.25) is 0 Å². The van der Waals surface area contributed by atoms with E-state index in [1.807, 2.05) is 19.9 Å². The van der Waals surface area contributed by atoms with Crippen LogP contribution in [0.4, 0.5) is 0 Å². The average molecular weight is 375 g/mol. The summed E-state index contributed by atoms with van der Waals surface area (Å²) >= 11 is 1.46. The predicted molar refractivity (Wildman–Crippen MR) is 108 cm³/mol. The van der Waals surface area contributed by atoms with Crippen LogP contribution in [0.15, 0.2) is 12.1 Å². The van der Waals surface area contributed by atoms with Gasteiger partial charge in [-0.15, -0.1) is 11.3 Å². The van der Waals surface area contributed by atoms with E-state index in [1.54, 1.807) is 0 Å². The molecular formula is C21H30N2O2S. The minimum atomic E-state index is -0.422. The second-order valence-corrected chi connectivity index (χ2v) is 10.2. The number of carbonyl (C=O) groups excluding carboxylic acids is 1. The Labute approximate surface area is 160 Å². The van der Waals surface area contributed by atoms with E-state index in [1.165, 1.54) is 29.0 Å². The van der Waals surface area contributed by atoms with Crippen LogP contribution in [0.25, 0.3) is 10.2 Å². The number of rotatable bonds is 4. The van der Waals surface area contributed by atoms with E-state index in [-0.39, 0.29) is 12.5 Å². The lowest BCUT2D eigenvalue weighted by atomic mass is 9.71. The van der Waals surface area contributed by atoms with Gasteiger partial charge in [-0.3, -0.25) is 4.79 Å². The summed E-state index contributed by atoms with van der Waals surface area (Å²) in [5, 5.41) is 13.2. The molecule has 0 fully saturated rings. The van der Waals surface area contributed by atoms with E-state index in [0.29, 0.717) is 22.6 Å². The van der Waals surface area contributed by atoms with Crippen LogP contribution in [0, 0.1) is 11.3 Å². The second kappa shape index (κ2) is 6.93. The van der Waals surface area contributed by atoms with Crippen molar-refractivity contribution in [1.82, 2.24) is 10.3 Å². The van der Waals surface area contributed by atoms with Crippen LogP contribution >= 0.6 is 11.3 Å². The first-order chi connectivity index (χ1) is 12.1. The number of nitrogens with zero attached hydrogens (tertiary/aromatic N) is 1.